The van der Waals surface area contributed by atoms with Gasteiger partial charge in [-0.15, -0.1) is 0 Å². The van der Waals surface area contributed by atoms with E-state index >= 15 is 0 Å². The number of carbonyl (C=O) groups excluding carboxylic acids is 2. The van der Waals surface area contributed by atoms with Crippen LogP contribution in [-0.2, 0) is 11.3 Å². The van der Waals surface area contributed by atoms with Crippen LogP contribution in [0.5, 0.6) is 0 Å². The molecule has 2 aromatic rings. The molecule has 1 unspecified atom stereocenters. The van der Waals surface area contributed by atoms with Crippen LogP contribution in [0.4, 0.5) is 9.18 Å². The first kappa shape index (κ1) is 18.9. The average Bonchev–Trinajstić information content (AvgIpc) is 3.06. The second-order valence-corrected chi connectivity index (χ2v) is 6.84. The molecular weight excluding hydrogens is 345 g/mol. The minimum Gasteiger partial charge on any atom is -0.340 e. The molecule has 0 saturated carbocycles. The van der Waals surface area contributed by atoms with Crippen molar-refractivity contribution >= 4 is 11.9 Å². The third kappa shape index (κ3) is 5.06. The molecule has 1 fully saturated rings. The van der Waals surface area contributed by atoms with Crippen molar-refractivity contribution in [3.8, 4) is 0 Å². The lowest BCUT2D eigenvalue weighted by Crippen LogP contribution is -2.43. The van der Waals surface area contributed by atoms with Crippen LogP contribution >= 0.6 is 0 Å². The van der Waals surface area contributed by atoms with Gasteiger partial charge in [0.2, 0.25) is 5.91 Å². The van der Waals surface area contributed by atoms with Gasteiger partial charge in [0.05, 0.1) is 6.04 Å². The zero-order chi connectivity index (χ0) is 19.2. The second-order valence-electron chi connectivity index (χ2n) is 6.84. The van der Waals surface area contributed by atoms with E-state index < -0.39 is 0 Å². The third-order valence-corrected chi connectivity index (χ3v) is 4.73. The average molecular weight is 369 g/mol. The van der Waals surface area contributed by atoms with Crippen LogP contribution in [0.3, 0.4) is 0 Å². The molecule has 0 aromatic heterocycles. The van der Waals surface area contributed by atoms with E-state index in [1.54, 1.807) is 24.1 Å². The molecule has 3 rings (SSSR count). The summed E-state index contributed by atoms with van der Waals surface area (Å²) in [6, 6.07) is 15.3. The molecule has 27 heavy (non-hydrogen) atoms. The Morgan fingerprint density at radius 2 is 2.00 bits per heavy atom. The second kappa shape index (κ2) is 8.66. The Kier molecular flexibility index (Phi) is 6.06. The van der Waals surface area contributed by atoms with Crippen molar-refractivity contribution in [3.05, 3.63) is 71.5 Å². The van der Waals surface area contributed by atoms with Crippen molar-refractivity contribution < 1.29 is 14.0 Å². The molecule has 3 amide bonds. The monoisotopic (exact) mass is 369 g/mol. The molecule has 0 radical (unpaired) electrons. The van der Waals surface area contributed by atoms with E-state index in [0.717, 1.165) is 24.1 Å². The lowest BCUT2D eigenvalue weighted by molar-refractivity contribution is -0.128. The van der Waals surface area contributed by atoms with Gasteiger partial charge in [0, 0.05) is 33.1 Å². The summed E-state index contributed by atoms with van der Waals surface area (Å²) in [6.45, 7) is 1.47. The van der Waals surface area contributed by atoms with Gasteiger partial charge in [0.1, 0.15) is 5.82 Å². The molecular formula is C21H24FN3O2. The van der Waals surface area contributed by atoms with E-state index in [4.69, 9.17) is 0 Å². The molecule has 1 atom stereocenters. The first-order valence-electron chi connectivity index (χ1n) is 9.12. The van der Waals surface area contributed by atoms with E-state index in [9.17, 15) is 14.0 Å². The van der Waals surface area contributed by atoms with Gasteiger partial charge in [0.25, 0.3) is 0 Å². The van der Waals surface area contributed by atoms with Gasteiger partial charge in [-0.05, 0) is 29.7 Å². The highest BCUT2D eigenvalue weighted by Gasteiger charge is 2.26. The minimum absolute atomic E-state index is 0.123. The summed E-state index contributed by atoms with van der Waals surface area (Å²) in [6.07, 6.45) is 1.42. The molecule has 0 bridgehead atoms. The molecule has 1 heterocycles. The summed E-state index contributed by atoms with van der Waals surface area (Å²) in [5, 5.41) is 3.01. The molecule has 142 valence electrons. The Balaban J connectivity index is 1.68. The molecule has 5 nitrogen and oxygen atoms in total. The standard InChI is InChI=1S/C21H24FN3O2/c1-24(14-16-7-5-10-18(22)13-16)21(27)23-19(17-8-3-2-4-9-17)15-25-12-6-11-20(25)26/h2-5,7-10,13,19H,6,11-12,14-15H2,1H3,(H,23,27). The number of rotatable bonds is 6. The highest BCUT2D eigenvalue weighted by Crippen LogP contribution is 2.19. The Morgan fingerprint density at radius 3 is 2.67 bits per heavy atom. The van der Waals surface area contributed by atoms with Crippen molar-refractivity contribution in [1.29, 1.82) is 0 Å². The number of likely N-dealkylation sites (tertiary alicyclic amines) is 1. The molecule has 1 aliphatic rings. The zero-order valence-electron chi connectivity index (χ0n) is 15.4. The van der Waals surface area contributed by atoms with Gasteiger partial charge in [-0.25, -0.2) is 9.18 Å². The van der Waals surface area contributed by atoms with Gasteiger partial charge < -0.3 is 15.1 Å². The van der Waals surface area contributed by atoms with Crippen molar-refractivity contribution in [2.45, 2.75) is 25.4 Å². The molecule has 1 aliphatic heterocycles. The molecule has 6 heteroatoms. The predicted molar refractivity (Wildman–Crippen MR) is 101 cm³/mol. The number of carbonyl (C=O) groups is 2. The van der Waals surface area contributed by atoms with Gasteiger partial charge >= 0.3 is 6.03 Å². The zero-order valence-corrected chi connectivity index (χ0v) is 15.4. The number of halogens is 1. The maximum Gasteiger partial charge on any atom is 0.317 e. The van der Waals surface area contributed by atoms with E-state index in [-0.39, 0.29) is 23.8 Å². The Morgan fingerprint density at radius 1 is 1.22 bits per heavy atom. The third-order valence-electron chi connectivity index (χ3n) is 4.73. The largest absolute Gasteiger partial charge is 0.340 e. The number of hydrogen-bond donors (Lipinski definition) is 1. The SMILES string of the molecule is CN(Cc1cccc(F)c1)C(=O)NC(CN1CCCC1=O)c1ccccc1. The first-order chi connectivity index (χ1) is 13.0. The maximum absolute atomic E-state index is 13.4. The lowest BCUT2D eigenvalue weighted by atomic mass is 10.1. The number of amides is 3. The molecule has 0 spiro atoms. The Bertz CT molecular complexity index is 797. The summed E-state index contributed by atoms with van der Waals surface area (Å²) in [5.41, 5.74) is 1.67. The van der Waals surface area contributed by atoms with E-state index in [0.29, 0.717) is 19.5 Å². The van der Waals surface area contributed by atoms with E-state index in [2.05, 4.69) is 5.32 Å². The van der Waals surface area contributed by atoms with Crippen LogP contribution in [0, 0.1) is 5.82 Å². The Hall–Kier alpha value is -2.89. The van der Waals surface area contributed by atoms with Crippen LogP contribution in [0.25, 0.3) is 0 Å². The fourth-order valence-corrected chi connectivity index (χ4v) is 3.28. The van der Waals surface area contributed by atoms with Crippen LogP contribution in [-0.4, -0.2) is 41.9 Å². The fourth-order valence-electron chi connectivity index (χ4n) is 3.28. The number of urea groups is 1. The van der Waals surface area contributed by atoms with Gasteiger partial charge in [-0.2, -0.15) is 0 Å². The van der Waals surface area contributed by atoms with Gasteiger partial charge in [-0.1, -0.05) is 42.5 Å². The Labute approximate surface area is 158 Å². The van der Waals surface area contributed by atoms with Crippen LogP contribution < -0.4 is 5.32 Å². The van der Waals surface area contributed by atoms with E-state index in [1.807, 2.05) is 30.3 Å². The summed E-state index contributed by atoms with van der Waals surface area (Å²) in [4.78, 5) is 28.0. The normalized spacial score (nSPS) is 14.9. The number of nitrogens with one attached hydrogen (secondary N) is 1. The lowest BCUT2D eigenvalue weighted by Gasteiger charge is -2.27. The first-order valence-corrected chi connectivity index (χ1v) is 9.12. The molecule has 1 saturated heterocycles. The van der Waals surface area contributed by atoms with E-state index in [1.165, 1.54) is 17.0 Å². The van der Waals surface area contributed by atoms with Gasteiger partial charge in [-0.3, -0.25) is 4.79 Å². The quantitative estimate of drug-likeness (QED) is 0.849. The molecule has 2 aromatic carbocycles. The topological polar surface area (TPSA) is 52.7 Å². The minimum atomic E-state index is -0.323. The number of benzene rings is 2. The summed E-state index contributed by atoms with van der Waals surface area (Å²) in [7, 11) is 1.67. The van der Waals surface area contributed by atoms with Crippen molar-refractivity contribution in [3.63, 3.8) is 0 Å². The van der Waals surface area contributed by atoms with Crippen molar-refractivity contribution in [2.75, 3.05) is 20.1 Å². The van der Waals surface area contributed by atoms with Crippen molar-refractivity contribution in [1.82, 2.24) is 15.1 Å². The van der Waals surface area contributed by atoms with Crippen LogP contribution in [0.1, 0.15) is 30.0 Å². The fraction of sp³-hybridized carbons (Fsp3) is 0.333. The van der Waals surface area contributed by atoms with Gasteiger partial charge in [0.15, 0.2) is 0 Å². The highest BCUT2D eigenvalue weighted by molar-refractivity contribution is 5.78. The number of nitrogens with zero attached hydrogens (tertiary/aromatic N) is 2. The smallest absolute Gasteiger partial charge is 0.317 e. The number of hydrogen-bond acceptors (Lipinski definition) is 2. The maximum atomic E-state index is 13.4. The molecule has 0 aliphatic carbocycles. The summed E-state index contributed by atoms with van der Waals surface area (Å²) in [5.74, 6) is -0.200. The molecule has 1 N–H and O–H groups in total. The highest BCUT2D eigenvalue weighted by atomic mass is 19.1. The van der Waals surface area contributed by atoms with Crippen molar-refractivity contribution in [2.24, 2.45) is 0 Å². The summed E-state index contributed by atoms with van der Waals surface area (Å²) < 4.78 is 13.4. The summed E-state index contributed by atoms with van der Waals surface area (Å²) >= 11 is 0. The predicted octanol–water partition coefficient (Wildman–Crippen LogP) is 3.33. The van der Waals surface area contributed by atoms with Crippen LogP contribution in [0.15, 0.2) is 54.6 Å². The van der Waals surface area contributed by atoms with Crippen LogP contribution in [0.2, 0.25) is 0 Å².